The van der Waals surface area contributed by atoms with Crippen LogP contribution in [0.15, 0.2) is 0 Å². The van der Waals surface area contributed by atoms with Crippen molar-refractivity contribution in [3.63, 3.8) is 0 Å². The molecule has 4 heteroatoms. The summed E-state index contributed by atoms with van der Waals surface area (Å²) in [5.74, 6) is -1.05. The summed E-state index contributed by atoms with van der Waals surface area (Å²) < 4.78 is 0. The van der Waals surface area contributed by atoms with Crippen LogP contribution in [-0.2, 0) is 9.59 Å². The van der Waals surface area contributed by atoms with Gasteiger partial charge in [0.25, 0.3) is 0 Å². The molecule has 0 heterocycles. The monoisotopic (exact) mass is 253 g/mol. The third-order valence-electron chi connectivity index (χ3n) is 4.35. The molecule has 102 valence electrons. The van der Waals surface area contributed by atoms with Gasteiger partial charge in [0.05, 0.1) is 5.92 Å². The minimum atomic E-state index is -0.745. The van der Waals surface area contributed by atoms with Gasteiger partial charge in [0, 0.05) is 12.0 Å². The molecule has 2 aliphatic rings. The fourth-order valence-corrected chi connectivity index (χ4v) is 3.22. The van der Waals surface area contributed by atoms with Crippen LogP contribution in [0.4, 0.5) is 0 Å². The summed E-state index contributed by atoms with van der Waals surface area (Å²) >= 11 is 0. The zero-order valence-corrected chi connectivity index (χ0v) is 10.9. The van der Waals surface area contributed by atoms with Gasteiger partial charge in [-0.1, -0.05) is 25.7 Å². The van der Waals surface area contributed by atoms with Crippen molar-refractivity contribution in [3.05, 3.63) is 0 Å². The molecule has 18 heavy (non-hydrogen) atoms. The molecule has 2 N–H and O–H groups in total. The maximum absolute atomic E-state index is 12.1. The fourth-order valence-electron chi connectivity index (χ4n) is 3.22. The molecule has 0 saturated heterocycles. The molecule has 4 nitrogen and oxygen atoms in total. The van der Waals surface area contributed by atoms with Crippen molar-refractivity contribution < 1.29 is 14.7 Å². The van der Waals surface area contributed by atoms with Gasteiger partial charge < -0.3 is 10.4 Å². The minimum Gasteiger partial charge on any atom is -0.481 e. The summed E-state index contributed by atoms with van der Waals surface area (Å²) in [7, 11) is 0. The van der Waals surface area contributed by atoms with E-state index in [0.717, 1.165) is 32.1 Å². The number of amides is 1. The van der Waals surface area contributed by atoms with Gasteiger partial charge in [-0.3, -0.25) is 9.59 Å². The molecule has 0 spiro atoms. The van der Waals surface area contributed by atoms with Gasteiger partial charge in [0.15, 0.2) is 0 Å². The van der Waals surface area contributed by atoms with Gasteiger partial charge in [-0.25, -0.2) is 0 Å². The van der Waals surface area contributed by atoms with E-state index in [1.54, 1.807) is 0 Å². The van der Waals surface area contributed by atoms with E-state index in [9.17, 15) is 9.59 Å². The molecule has 0 aliphatic heterocycles. The first-order valence-electron chi connectivity index (χ1n) is 7.20. The second-order valence-corrected chi connectivity index (χ2v) is 5.74. The number of hydrogen-bond donors (Lipinski definition) is 2. The number of hydrogen-bond acceptors (Lipinski definition) is 2. The molecule has 2 fully saturated rings. The molecule has 2 aliphatic carbocycles. The minimum absolute atomic E-state index is 0.0817. The predicted octanol–water partition coefficient (Wildman–Crippen LogP) is 2.33. The van der Waals surface area contributed by atoms with Crippen LogP contribution in [0.25, 0.3) is 0 Å². The van der Waals surface area contributed by atoms with Crippen molar-refractivity contribution in [2.75, 3.05) is 0 Å². The highest BCUT2D eigenvalue weighted by molar-refractivity contribution is 5.80. The molecule has 0 unspecified atom stereocenters. The average molecular weight is 253 g/mol. The summed E-state index contributed by atoms with van der Waals surface area (Å²) in [6.07, 6.45) is 8.80. The van der Waals surface area contributed by atoms with Gasteiger partial charge in [-0.15, -0.1) is 0 Å². The lowest BCUT2D eigenvalue weighted by atomic mass is 9.80. The second kappa shape index (κ2) is 6.21. The second-order valence-electron chi connectivity index (χ2n) is 5.74. The van der Waals surface area contributed by atoms with Crippen LogP contribution in [0.2, 0.25) is 0 Å². The van der Waals surface area contributed by atoms with Crippen LogP contribution in [0.1, 0.15) is 57.8 Å². The van der Waals surface area contributed by atoms with Crippen LogP contribution >= 0.6 is 0 Å². The van der Waals surface area contributed by atoms with E-state index in [-0.39, 0.29) is 17.7 Å². The van der Waals surface area contributed by atoms with Crippen LogP contribution in [-0.4, -0.2) is 23.0 Å². The lowest BCUT2D eigenvalue weighted by Crippen LogP contribution is -2.41. The van der Waals surface area contributed by atoms with Crippen LogP contribution in [0.3, 0.4) is 0 Å². The molecule has 2 saturated carbocycles. The smallest absolute Gasteiger partial charge is 0.306 e. The summed E-state index contributed by atoms with van der Waals surface area (Å²) in [4.78, 5) is 23.1. The number of carbonyl (C=O) groups is 2. The average Bonchev–Trinajstić information content (AvgIpc) is 2.40. The Labute approximate surface area is 108 Å². The van der Waals surface area contributed by atoms with E-state index in [4.69, 9.17) is 5.11 Å². The number of nitrogens with one attached hydrogen (secondary N) is 1. The van der Waals surface area contributed by atoms with E-state index in [2.05, 4.69) is 5.32 Å². The predicted molar refractivity (Wildman–Crippen MR) is 68.1 cm³/mol. The maximum Gasteiger partial charge on any atom is 0.306 e. The highest BCUT2D eigenvalue weighted by atomic mass is 16.4. The van der Waals surface area contributed by atoms with Crippen molar-refractivity contribution in [1.29, 1.82) is 0 Å². The van der Waals surface area contributed by atoms with E-state index < -0.39 is 5.97 Å². The highest BCUT2D eigenvalue weighted by Gasteiger charge is 2.31. The number of carbonyl (C=O) groups excluding carboxylic acids is 1. The molecule has 2 atom stereocenters. The van der Waals surface area contributed by atoms with Crippen molar-refractivity contribution in [3.8, 4) is 0 Å². The molecule has 0 aromatic carbocycles. The summed E-state index contributed by atoms with van der Waals surface area (Å²) in [5, 5.41) is 12.1. The Hall–Kier alpha value is -1.06. The molecule has 0 radical (unpaired) electrons. The van der Waals surface area contributed by atoms with Crippen LogP contribution in [0, 0.1) is 11.8 Å². The largest absolute Gasteiger partial charge is 0.481 e. The third kappa shape index (κ3) is 3.47. The lowest BCUT2D eigenvalue weighted by molar-refractivity contribution is -0.144. The summed E-state index contributed by atoms with van der Waals surface area (Å²) in [6.45, 7) is 0. The number of aliphatic carboxylic acids is 1. The number of rotatable bonds is 3. The number of carboxylic acid groups (broad SMARTS) is 1. The SMILES string of the molecule is O=C(O)[C@@H]1CCC[C@H](C(=O)NC2CCCCC2)C1. The maximum atomic E-state index is 12.1. The third-order valence-corrected chi connectivity index (χ3v) is 4.35. The van der Waals surface area contributed by atoms with Gasteiger partial charge in [0.2, 0.25) is 5.91 Å². The Morgan fingerprint density at radius 3 is 2.22 bits per heavy atom. The molecule has 1 amide bonds. The molecule has 2 rings (SSSR count). The zero-order chi connectivity index (χ0) is 13.0. The molecular formula is C14H23NO3. The molecule has 0 aromatic rings. The number of carboxylic acids is 1. The van der Waals surface area contributed by atoms with Crippen LogP contribution in [0.5, 0.6) is 0 Å². The Morgan fingerprint density at radius 2 is 1.56 bits per heavy atom. The first-order chi connectivity index (χ1) is 8.66. The van der Waals surface area contributed by atoms with Crippen LogP contribution < -0.4 is 5.32 Å². The molecule has 0 aromatic heterocycles. The van der Waals surface area contributed by atoms with Crippen molar-refractivity contribution >= 4 is 11.9 Å². The van der Waals surface area contributed by atoms with Crippen molar-refractivity contribution in [2.45, 2.75) is 63.8 Å². The molecule has 0 bridgehead atoms. The summed E-state index contributed by atoms with van der Waals surface area (Å²) in [5.41, 5.74) is 0. The first kappa shape index (κ1) is 13.4. The van der Waals surface area contributed by atoms with Gasteiger partial charge in [-0.2, -0.15) is 0 Å². The highest BCUT2D eigenvalue weighted by Crippen LogP contribution is 2.30. The quantitative estimate of drug-likeness (QED) is 0.811. The van der Waals surface area contributed by atoms with Gasteiger partial charge in [0.1, 0.15) is 0 Å². The van der Waals surface area contributed by atoms with E-state index in [1.165, 1.54) is 19.3 Å². The standard InChI is InChI=1S/C14H23NO3/c16-13(15-12-7-2-1-3-8-12)10-5-4-6-11(9-10)14(17)18/h10-12H,1-9H2,(H,15,16)(H,17,18)/t10-,11+/m0/s1. The first-order valence-corrected chi connectivity index (χ1v) is 7.20. The van der Waals surface area contributed by atoms with Gasteiger partial charge >= 0.3 is 5.97 Å². The fraction of sp³-hybridized carbons (Fsp3) is 0.857. The molecular weight excluding hydrogens is 230 g/mol. The lowest BCUT2D eigenvalue weighted by Gasteiger charge is -2.29. The Kier molecular flexibility index (Phi) is 4.61. The van der Waals surface area contributed by atoms with E-state index in [0.29, 0.717) is 12.5 Å². The Morgan fingerprint density at radius 1 is 0.889 bits per heavy atom. The van der Waals surface area contributed by atoms with E-state index in [1.807, 2.05) is 0 Å². The Balaban J connectivity index is 1.82. The Bertz CT molecular complexity index is 310. The normalized spacial score (nSPS) is 29.8. The van der Waals surface area contributed by atoms with Gasteiger partial charge in [-0.05, 0) is 32.1 Å². The van der Waals surface area contributed by atoms with Crippen molar-refractivity contribution in [2.24, 2.45) is 11.8 Å². The topological polar surface area (TPSA) is 66.4 Å². The van der Waals surface area contributed by atoms with E-state index >= 15 is 0 Å². The van der Waals surface area contributed by atoms with Crippen molar-refractivity contribution in [1.82, 2.24) is 5.32 Å². The summed E-state index contributed by atoms with van der Waals surface area (Å²) in [6, 6.07) is 0.330. The zero-order valence-electron chi connectivity index (χ0n) is 10.9.